The van der Waals surface area contributed by atoms with E-state index in [1.807, 2.05) is 83.8 Å². The number of carbonyl (C=O) groups is 1. The summed E-state index contributed by atoms with van der Waals surface area (Å²) in [5.74, 6) is 0.407. The second-order valence-corrected chi connectivity index (χ2v) is 9.42. The molecule has 0 spiro atoms. The number of benzene rings is 3. The molecule has 0 saturated heterocycles. The second kappa shape index (κ2) is 11.5. The highest BCUT2D eigenvalue weighted by Gasteiger charge is 2.16. The van der Waals surface area contributed by atoms with Crippen molar-refractivity contribution in [2.75, 3.05) is 11.1 Å². The highest BCUT2D eigenvalue weighted by atomic mass is 32.2. The van der Waals surface area contributed by atoms with Crippen LogP contribution in [0.5, 0.6) is 0 Å². The van der Waals surface area contributed by atoms with Gasteiger partial charge < -0.3 is 10.2 Å². The van der Waals surface area contributed by atoms with Gasteiger partial charge in [-0.1, -0.05) is 114 Å². The van der Waals surface area contributed by atoms with Gasteiger partial charge in [-0.2, -0.15) is 0 Å². The van der Waals surface area contributed by atoms with Crippen LogP contribution in [0.15, 0.2) is 95.3 Å². The maximum atomic E-state index is 13.1. The Hall–Kier alpha value is -3.16. The summed E-state index contributed by atoms with van der Waals surface area (Å²) in [6.45, 7) is 1.85. The molecule has 0 radical (unpaired) electrons. The van der Waals surface area contributed by atoms with E-state index >= 15 is 0 Å². The molecule has 5 nitrogen and oxygen atoms in total. The molecule has 3 aromatic carbocycles. The Morgan fingerprint density at radius 1 is 0.781 bits per heavy atom. The van der Waals surface area contributed by atoms with E-state index in [1.165, 1.54) is 28.7 Å². The number of aromatic nitrogens is 2. The van der Waals surface area contributed by atoms with E-state index in [9.17, 15) is 4.79 Å². The molecule has 1 heterocycles. The number of thioether (sulfide) groups is 1. The topological polar surface area (TPSA) is 58.1 Å². The van der Waals surface area contributed by atoms with Crippen molar-refractivity contribution in [3.63, 3.8) is 0 Å². The summed E-state index contributed by atoms with van der Waals surface area (Å²) in [5.41, 5.74) is 3.42. The number of nitrogens with zero attached hydrogens (tertiary/aromatic N) is 3. The van der Waals surface area contributed by atoms with Crippen molar-refractivity contribution < 1.29 is 4.79 Å². The number of nitrogens with one attached hydrogen (secondary N) is 1. The zero-order valence-electron chi connectivity index (χ0n) is 17.6. The van der Waals surface area contributed by atoms with E-state index in [4.69, 9.17) is 0 Å². The number of rotatable bonds is 10. The van der Waals surface area contributed by atoms with Crippen molar-refractivity contribution in [3.05, 3.63) is 108 Å². The minimum Gasteiger partial charge on any atom is -0.356 e. The molecule has 0 aliphatic carbocycles. The van der Waals surface area contributed by atoms with Crippen LogP contribution in [0.4, 0.5) is 5.13 Å². The van der Waals surface area contributed by atoms with Crippen LogP contribution in [-0.2, 0) is 24.4 Å². The van der Waals surface area contributed by atoms with Gasteiger partial charge in [0.05, 0.1) is 5.75 Å². The standard InChI is InChI=1S/C25H24N4OS2/c30-23(19-31-25-28-27-24(32-25)26-16-20-10-4-1-5-11-20)29(17-21-12-6-2-7-13-21)18-22-14-8-3-9-15-22/h1-15H,16-19H2,(H,26,27). The largest absolute Gasteiger partial charge is 0.356 e. The van der Waals surface area contributed by atoms with Gasteiger partial charge in [0, 0.05) is 19.6 Å². The fourth-order valence-corrected chi connectivity index (χ4v) is 4.82. The van der Waals surface area contributed by atoms with Crippen LogP contribution in [0.25, 0.3) is 0 Å². The van der Waals surface area contributed by atoms with Gasteiger partial charge >= 0.3 is 0 Å². The van der Waals surface area contributed by atoms with E-state index in [2.05, 4.69) is 27.6 Å². The first kappa shape index (κ1) is 22.0. The Morgan fingerprint density at radius 2 is 1.31 bits per heavy atom. The van der Waals surface area contributed by atoms with Gasteiger partial charge in [0.1, 0.15) is 0 Å². The fourth-order valence-electron chi connectivity index (χ4n) is 3.17. The molecule has 1 aromatic heterocycles. The molecule has 7 heteroatoms. The molecule has 1 N–H and O–H groups in total. The van der Waals surface area contributed by atoms with Crippen molar-refractivity contribution in [3.8, 4) is 0 Å². The number of anilines is 1. The molecule has 0 saturated carbocycles. The van der Waals surface area contributed by atoms with Crippen LogP contribution in [0.2, 0.25) is 0 Å². The lowest BCUT2D eigenvalue weighted by Crippen LogP contribution is -2.31. The van der Waals surface area contributed by atoms with Crippen LogP contribution >= 0.6 is 23.1 Å². The average molecular weight is 461 g/mol. The first-order valence-corrected chi connectivity index (χ1v) is 12.2. The normalized spacial score (nSPS) is 10.6. The molecule has 0 bridgehead atoms. The van der Waals surface area contributed by atoms with Crippen molar-refractivity contribution in [2.24, 2.45) is 0 Å². The zero-order chi connectivity index (χ0) is 22.0. The molecule has 0 atom stereocenters. The van der Waals surface area contributed by atoms with Crippen molar-refractivity contribution >= 4 is 34.1 Å². The van der Waals surface area contributed by atoms with Crippen LogP contribution in [0.1, 0.15) is 16.7 Å². The highest BCUT2D eigenvalue weighted by Crippen LogP contribution is 2.26. The molecular formula is C25H24N4OS2. The highest BCUT2D eigenvalue weighted by molar-refractivity contribution is 8.01. The Kier molecular flexibility index (Phi) is 7.89. The Morgan fingerprint density at radius 3 is 1.88 bits per heavy atom. The maximum Gasteiger partial charge on any atom is 0.233 e. The predicted molar refractivity (Wildman–Crippen MR) is 132 cm³/mol. The molecule has 32 heavy (non-hydrogen) atoms. The molecule has 4 aromatic rings. The third kappa shape index (κ3) is 6.67. The fraction of sp³-hybridized carbons (Fsp3) is 0.160. The van der Waals surface area contributed by atoms with Gasteiger partial charge in [-0.15, -0.1) is 10.2 Å². The Bertz CT molecular complexity index is 1060. The quantitative estimate of drug-likeness (QED) is 0.318. The van der Waals surface area contributed by atoms with Crippen LogP contribution in [-0.4, -0.2) is 26.8 Å². The summed E-state index contributed by atoms with van der Waals surface area (Å²) < 4.78 is 0.785. The molecule has 0 unspecified atom stereocenters. The number of carbonyl (C=O) groups excluding carboxylic acids is 1. The van der Waals surface area contributed by atoms with E-state index < -0.39 is 0 Å². The summed E-state index contributed by atoms with van der Waals surface area (Å²) >= 11 is 2.91. The van der Waals surface area contributed by atoms with Gasteiger partial charge in [0.15, 0.2) is 4.34 Å². The Balaban J connectivity index is 1.35. The van der Waals surface area contributed by atoms with Crippen molar-refractivity contribution in [1.29, 1.82) is 0 Å². The minimum atomic E-state index is 0.0803. The molecule has 1 amide bonds. The van der Waals surface area contributed by atoms with E-state index in [1.54, 1.807) is 0 Å². The number of amides is 1. The lowest BCUT2D eigenvalue weighted by Gasteiger charge is -2.23. The minimum absolute atomic E-state index is 0.0803. The van der Waals surface area contributed by atoms with Gasteiger partial charge in [-0.25, -0.2) is 0 Å². The summed E-state index contributed by atoms with van der Waals surface area (Å²) in [6.07, 6.45) is 0. The molecule has 0 fully saturated rings. The van der Waals surface area contributed by atoms with E-state index in [0.717, 1.165) is 20.6 Å². The lowest BCUT2D eigenvalue weighted by molar-refractivity contribution is -0.129. The second-order valence-electron chi connectivity index (χ2n) is 7.22. The van der Waals surface area contributed by atoms with Gasteiger partial charge in [-0.3, -0.25) is 4.79 Å². The number of hydrogen-bond acceptors (Lipinski definition) is 6. The third-order valence-corrected chi connectivity index (χ3v) is 6.80. The summed E-state index contributed by atoms with van der Waals surface area (Å²) in [4.78, 5) is 15.0. The summed E-state index contributed by atoms with van der Waals surface area (Å²) in [6, 6.07) is 30.3. The molecule has 4 rings (SSSR count). The number of hydrogen-bond donors (Lipinski definition) is 1. The predicted octanol–water partition coefficient (Wildman–Crippen LogP) is 5.47. The van der Waals surface area contributed by atoms with Gasteiger partial charge in [0.2, 0.25) is 11.0 Å². The molecular weight excluding hydrogens is 436 g/mol. The van der Waals surface area contributed by atoms with Gasteiger partial charge in [-0.05, 0) is 16.7 Å². The van der Waals surface area contributed by atoms with Gasteiger partial charge in [0.25, 0.3) is 0 Å². The average Bonchev–Trinajstić information content (AvgIpc) is 3.31. The molecule has 0 aliphatic rings. The zero-order valence-corrected chi connectivity index (χ0v) is 19.2. The van der Waals surface area contributed by atoms with Crippen molar-refractivity contribution in [1.82, 2.24) is 15.1 Å². The van der Waals surface area contributed by atoms with E-state index in [0.29, 0.717) is 25.4 Å². The van der Waals surface area contributed by atoms with Crippen LogP contribution < -0.4 is 5.32 Å². The third-order valence-electron chi connectivity index (χ3n) is 4.80. The Labute approximate surface area is 196 Å². The van der Waals surface area contributed by atoms with E-state index in [-0.39, 0.29) is 5.91 Å². The lowest BCUT2D eigenvalue weighted by atomic mass is 10.1. The summed E-state index contributed by atoms with van der Waals surface area (Å²) in [7, 11) is 0. The monoisotopic (exact) mass is 460 g/mol. The first-order chi connectivity index (χ1) is 15.8. The smallest absolute Gasteiger partial charge is 0.233 e. The SMILES string of the molecule is O=C(CSc1nnc(NCc2ccccc2)s1)N(Cc1ccccc1)Cc1ccccc1. The van der Waals surface area contributed by atoms with Crippen LogP contribution in [0.3, 0.4) is 0 Å². The molecule has 162 valence electrons. The van der Waals surface area contributed by atoms with Crippen LogP contribution in [0, 0.1) is 0 Å². The summed E-state index contributed by atoms with van der Waals surface area (Å²) in [5, 5.41) is 12.5. The van der Waals surface area contributed by atoms with Crippen molar-refractivity contribution in [2.45, 2.75) is 24.0 Å². The molecule has 0 aliphatic heterocycles. The maximum absolute atomic E-state index is 13.1. The first-order valence-electron chi connectivity index (χ1n) is 10.4.